The van der Waals surface area contributed by atoms with Gasteiger partial charge < -0.3 is 5.73 Å². The summed E-state index contributed by atoms with van der Waals surface area (Å²) in [6, 6.07) is 4.06. The Hall–Kier alpha value is -1.79. The predicted molar refractivity (Wildman–Crippen MR) is 87.6 cm³/mol. The Kier molecular flexibility index (Phi) is 4.49. The van der Waals surface area contributed by atoms with Gasteiger partial charge in [0.25, 0.3) is 0 Å². The van der Waals surface area contributed by atoms with Crippen LogP contribution in [0.5, 0.6) is 0 Å². The fraction of sp³-hybridized carbons (Fsp3) is 0.438. The van der Waals surface area contributed by atoms with E-state index in [1.165, 1.54) is 4.88 Å². The van der Waals surface area contributed by atoms with E-state index in [0.717, 1.165) is 49.3 Å². The number of aryl methyl sites for hydroxylation is 1. The van der Waals surface area contributed by atoms with Crippen LogP contribution in [0.25, 0.3) is 10.4 Å². The number of likely N-dealkylation sites (tertiary alicyclic amines) is 1. The van der Waals surface area contributed by atoms with E-state index in [4.69, 9.17) is 5.73 Å². The van der Waals surface area contributed by atoms with Crippen LogP contribution in [-0.4, -0.2) is 39.9 Å². The van der Waals surface area contributed by atoms with Crippen molar-refractivity contribution in [3.63, 3.8) is 0 Å². The minimum absolute atomic E-state index is 0.0980. The summed E-state index contributed by atoms with van der Waals surface area (Å²) in [5.74, 6) is -0.207. The van der Waals surface area contributed by atoms with Gasteiger partial charge in [0.15, 0.2) is 0 Å². The average Bonchev–Trinajstić information content (AvgIpc) is 3.14. The molecule has 6 heteroatoms. The lowest BCUT2D eigenvalue weighted by molar-refractivity contribution is -0.122. The van der Waals surface area contributed by atoms with Crippen LogP contribution >= 0.6 is 11.3 Å². The second-order valence-corrected chi connectivity index (χ2v) is 6.51. The summed E-state index contributed by atoms with van der Waals surface area (Å²) < 4.78 is 0. The third-order valence-electron chi connectivity index (χ3n) is 4.18. The van der Waals surface area contributed by atoms with Gasteiger partial charge >= 0.3 is 0 Å². The number of nitrogens with two attached hydrogens (primary N) is 1. The highest BCUT2D eigenvalue weighted by atomic mass is 32.1. The van der Waals surface area contributed by atoms with Gasteiger partial charge in [-0.05, 0) is 32.4 Å². The van der Waals surface area contributed by atoms with E-state index < -0.39 is 0 Å². The van der Waals surface area contributed by atoms with E-state index in [0.29, 0.717) is 0 Å². The first-order valence-corrected chi connectivity index (χ1v) is 8.42. The molecule has 2 aromatic heterocycles. The summed E-state index contributed by atoms with van der Waals surface area (Å²) in [4.78, 5) is 23.5. The van der Waals surface area contributed by atoms with Crippen molar-refractivity contribution in [1.82, 2.24) is 14.9 Å². The number of rotatable bonds is 5. The van der Waals surface area contributed by atoms with Crippen molar-refractivity contribution >= 4 is 17.2 Å². The molecule has 0 saturated carbocycles. The summed E-state index contributed by atoms with van der Waals surface area (Å²) >= 11 is 1.64. The predicted octanol–water partition coefficient (Wildman–Crippen LogP) is 2.01. The fourth-order valence-electron chi connectivity index (χ4n) is 2.96. The fourth-order valence-corrected chi connectivity index (χ4v) is 3.76. The minimum atomic E-state index is -0.207. The maximum atomic E-state index is 11.4. The Labute approximate surface area is 134 Å². The number of hydrogen-bond acceptors (Lipinski definition) is 5. The molecule has 1 aliphatic heterocycles. The molecule has 5 nitrogen and oxygen atoms in total. The van der Waals surface area contributed by atoms with Crippen LogP contribution < -0.4 is 5.73 Å². The first-order chi connectivity index (χ1) is 10.6. The SMILES string of the molecule is Cc1ncsc1-c1ccc(CCN2CCCC2C(N)=O)nc1. The molecule has 0 aliphatic carbocycles. The summed E-state index contributed by atoms with van der Waals surface area (Å²) in [7, 11) is 0. The normalized spacial score (nSPS) is 18.7. The molecule has 22 heavy (non-hydrogen) atoms. The highest BCUT2D eigenvalue weighted by Gasteiger charge is 2.28. The summed E-state index contributed by atoms with van der Waals surface area (Å²) in [6.07, 6.45) is 4.67. The van der Waals surface area contributed by atoms with E-state index in [-0.39, 0.29) is 11.9 Å². The van der Waals surface area contributed by atoms with Crippen molar-refractivity contribution in [3.8, 4) is 10.4 Å². The molecule has 1 aliphatic rings. The molecule has 3 heterocycles. The molecule has 1 fully saturated rings. The van der Waals surface area contributed by atoms with Crippen LogP contribution in [0.3, 0.4) is 0 Å². The summed E-state index contributed by atoms with van der Waals surface area (Å²) in [6.45, 7) is 3.79. The van der Waals surface area contributed by atoms with Crippen LogP contribution in [0.4, 0.5) is 0 Å². The second kappa shape index (κ2) is 6.54. The second-order valence-electron chi connectivity index (χ2n) is 5.65. The Morgan fingerprint density at radius 3 is 2.95 bits per heavy atom. The van der Waals surface area contributed by atoms with Crippen LogP contribution in [0, 0.1) is 6.92 Å². The minimum Gasteiger partial charge on any atom is -0.368 e. The van der Waals surface area contributed by atoms with Crippen molar-refractivity contribution in [2.75, 3.05) is 13.1 Å². The molecule has 1 unspecified atom stereocenters. The van der Waals surface area contributed by atoms with Gasteiger partial charge in [0.05, 0.1) is 22.1 Å². The zero-order valence-electron chi connectivity index (χ0n) is 12.7. The summed E-state index contributed by atoms with van der Waals surface area (Å²) in [5, 5.41) is 0. The molecule has 1 saturated heterocycles. The van der Waals surface area contributed by atoms with Crippen LogP contribution in [0.2, 0.25) is 0 Å². The lowest BCUT2D eigenvalue weighted by Crippen LogP contribution is -2.41. The molecule has 116 valence electrons. The molecule has 1 atom stereocenters. The Balaban J connectivity index is 1.62. The topological polar surface area (TPSA) is 72.1 Å². The highest BCUT2D eigenvalue weighted by molar-refractivity contribution is 7.13. The molecule has 0 spiro atoms. The van der Waals surface area contributed by atoms with Gasteiger partial charge in [0, 0.05) is 30.4 Å². The molecule has 1 amide bonds. The Morgan fingerprint density at radius 2 is 2.32 bits per heavy atom. The molecule has 3 rings (SSSR count). The number of aromatic nitrogens is 2. The van der Waals surface area contributed by atoms with Crippen molar-refractivity contribution in [2.45, 2.75) is 32.2 Å². The number of amides is 1. The zero-order chi connectivity index (χ0) is 15.5. The van der Waals surface area contributed by atoms with Gasteiger partial charge in [0.1, 0.15) is 0 Å². The Morgan fingerprint density at radius 1 is 1.45 bits per heavy atom. The largest absolute Gasteiger partial charge is 0.368 e. The van der Waals surface area contributed by atoms with Crippen LogP contribution in [0.1, 0.15) is 24.2 Å². The lowest BCUT2D eigenvalue weighted by Gasteiger charge is -2.21. The monoisotopic (exact) mass is 316 g/mol. The van der Waals surface area contributed by atoms with Crippen molar-refractivity contribution in [1.29, 1.82) is 0 Å². The summed E-state index contributed by atoms with van der Waals surface area (Å²) in [5.41, 5.74) is 10.5. The molecular weight excluding hydrogens is 296 g/mol. The van der Waals surface area contributed by atoms with E-state index in [1.54, 1.807) is 11.3 Å². The van der Waals surface area contributed by atoms with Gasteiger partial charge in [-0.3, -0.25) is 14.7 Å². The maximum absolute atomic E-state index is 11.4. The van der Waals surface area contributed by atoms with Gasteiger partial charge in [-0.25, -0.2) is 4.98 Å². The van der Waals surface area contributed by atoms with E-state index >= 15 is 0 Å². The number of thiazole rings is 1. The van der Waals surface area contributed by atoms with E-state index in [9.17, 15) is 4.79 Å². The maximum Gasteiger partial charge on any atom is 0.234 e. The van der Waals surface area contributed by atoms with Crippen LogP contribution in [-0.2, 0) is 11.2 Å². The third kappa shape index (κ3) is 3.18. The standard InChI is InChI=1S/C16H20N4OS/c1-11-15(22-10-19-11)12-4-5-13(18-9-12)6-8-20-7-2-3-14(20)16(17)21/h4-5,9-10,14H,2-3,6-8H2,1H3,(H2,17,21). The first kappa shape index (κ1) is 15.1. The smallest absolute Gasteiger partial charge is 0.234 e. The van der Waals surface area contributed by atoms with Crippen molar-refractivity contribution in [3.05, 3.63) is 35.2 Å². The average molecular weight is 316 g/mol. The number of pyridine rings is 1. The quantitative estimate of drug-likeness (QED) is 0.916. The molecule has 0 radical (unpaired) electrons. The molecular formula is C16H20N4OS. The van der Waals surface area contributed by atoms with E-state index in [2.05, 4.69) is 27.0 Å². The van der Waals surface area contributed by atoms with Gasteiger partial charge in [-0.1, -0.05) is 6.07 Å². The van der Waals surface area contributed by atoms with Gasteiger partial charge in [0.2, 0.25) is 5.91 Å². The zero-order valence-corrected chi connectivity index (χ0v) is 13.5. The lowest BCUT2D eigenvalue weighted by atomic mass is 10.1. The van der Waals surface area contributed by atoms with Gasteiger partial charge in [-0.2, -0.15) is 0 Å². The number of carbonyl (C=O) groups excluding carboxylic acids is 1. The van der Waals surface area contributed by atoms with Gasteiger partial charge in [-0.15, -0.1) is 11.3 Å². The highest BCUT2D eigenvalue weighted by Crippen LogP contribution is 2.26. The van der Waals surface area contributed by atoms with E-state index in [1.807, 2.05) is 18.6 Å². The molecule has 0 aromatic carbocycles. The molecule has 0 bridgehead atoms. The number of hydrogen-bond donors (Lipinski definition) is 1. The first-order valence-electron chi connectivity index (χ1n) is 7.54. The molecule has 2 aromatic rings. The third-order valence-corrected chi connectivity index (χ3v) is 5.16. The Bertz CT molecular complexity index is 652. The number of nitrogens with zero attached hydrogens (tertiary/aromatic N) is 3. The molecule has 2 N–H and O–H groups in total. The van der Waals surface area contributed by atoms with Crippen LogP contribution in [0.15, 0.2) is 23.8 Å². The van der Waals surface area contributed by atoms with Crippen molar-refractivity contribution < 1.29 is 4.79 Å². The van der Waals surface area contributed by atoms with Crippen molar-refractivity contribution in [2.24, 2.45) is 5.73 Å². The number of primary amides is 1. The number of carbonyl (C=O) groups is 1.